The fourth-order valence-corrected chi connectivity index (χ4v) is 9.42. The Morgan fingerprint density at radius 3 is 2.37 bits per heavy atom. The van der Waals surface area contributed by atoms with E-state index < -0.39 is 0 Å². The Kier molecular flexibility index (Phi) is 5.42. The molecule has 3 aromatic heterocycles. The first-order valence-electron chi connectivity index (χ1n) is 15.8. The number of hydrogen-bond donors (Lipinski definition) is 0. The average Bonchev–Trinajstić information content (AvgIpc) is 3.73. The zero-order valence-electron chi connectivity index (χ0n) is 25.3. The van der Waals surface area contributed by atoms with Gasteiger partial charge in [-0.25, -0.2) is 9.97 Å². The van der Waals surface area contributed by atoms with Crippen LogP contribution >= 0.6 is 22.9 Å². The number of thiophene rings is 1. The number of fused-ring (bicyclic) bond motifs is 13. The second-order valence-corrected chi connectivity index (χ2v) is 14.2. The molecule has 3 atom stereocenters. The van der Waals surface area contributed by atoms with Crippen molar-refractivity contribution in [3.63, 3.8) is 0 Å². The molecule has 6 heteroatoms. The van der Waals surface area contributed by atoms with E-state index in [0.29, 0.717) is 5.92 Å². The van der Waals surface area contributed by atoms with Crippen LogP contribution in [0.15, 0.2) is 109 Å². The Balaban J connectivity index is 1.22. The van der Waals surface area contributed by atoms with Gasteiger partial charge in [-0.2, -0.15) is 0 Å². The average molecular weight is 634 g/mol. The summed E-state index contributed by atoms with van der Waals surface area (Å²) in [5.41, 5.74) is 5.72. The van der Waals surface area contributed by atoms with Crippen LogP contribution in [0.3, 0.4) is 0 Å². The summed E-state index contributed by atoms with van der Waals surface area (Å²) in [6, 6.07) is 35.1. The van der Waals surface area contributed by atoms with Gasteiger partial charge in [-0.05, 0) is 55.1 Å². The molecule has 10 rings (SSSR count). The molecule has 46 heavy (non-hydrogen) atoms. The summed E-state index contributed by atoms with van der Waals surface area (Å²) in [5.74, 6) is 1.15. The monoisotopic (exact) mass is 633 g/mol. The number of ether oxygens (including phenoxy) is 1. The van der Waals surface area contributed by atoms with Crippen molar-refractivity contribution in [1.82, 2.24) is 14.5 Å². The van der Waals surface area contributed by atoms with Crippen molar-refractivity contribution >= 4 is 75.7 Å². The smallest absolute Gasteiger partial charge is 0.223 e. The minimum Gasteiger partial charge on any atom is -0.482 e. The molecule has 0 bridgehead atoms. The number of allylic oxidation sites excluding steroid dienone is 1. The fourth-order valence-electron chi connectivity index (χ4n) is 8.00. The Hall–Kier alpha value is -4.71. The highest BCUT2D eigenvalue weighted by molar-refractivity contribution is 7.27. The molecule has 2 aliphatic rings. The molecule has 5 aromatic carbocycles. The summed E-state index contributed by atoms with van der Waals surface area (Å²) in [4.78, 5) is 9.40. The maximum Gasteiger partial charge on any atom is 0.223 e. The second-order valence-electron chi connectivity index (χ2n) is 12.9. The summed E-state index contributed by atoms with van der Waals surface area (Å²) in [7, 11) is 0. The number of para-hydroxylation sites is 1. The van der Waals surface area contributed by atoms with Crippen LogP contribution in [0.2, 0.25) is 5.28 Å². The fraction of sp³-hybridized carbons (Fsp3) is 0.150. The van der Waals surface area contributed by atoms with Gasteiger partial charge in [-0.3, -0.25) is 0 Å². The normalized spacial score (nSPS) is 20.6. The molecule has 0 fully saturated rings. The second kappa shape index (κ2) is 9.41. The number of hydrogen-bond acceptors (Lipinski definition) is 4. The number of rotatable bonds is 2. The molecule has 0 spiro atoms. The largest absolute Gasteiger partial charge is 0.482 e. The number of nitrogens with zero attached hydrogens (tertiary/aromatic N) is 3. The lowest BCUT2D eigenvalue weighted by atomic mass is 9.74. The number of aromatic nitrogens is 3. The molecule has 8 aromatic rings. The van der Waals surface area contributed by atoms with Gasteiger partial charge in [-0.1, -0.05) is 91.9 Å². The molecular formula is C40H28ClN3OS. The van der Waals surface area contributed by atoms with Crippen LogP contribution in [0.25, 0.3) is 69.7 Å². The van der Waals surface area contributed by atoms with Crippen molar-refractivity contribution in [2.24, 2.45) is 5.92 Å². The summed E-state index contributed by atoms with van der Waals surface area (Å²) in [6.07, 6.45) is 5.44. The molecular weight excluding hydrogens is 606 g/mol. The summed E-state index contributed by atoms with van der Waals surface area (Å²) in [5, 5.41) is 7.99. The van der Waals surface area contributed by atoms with E-state index in [4.69, 9.17) is 21.3 Å². The van der Waals surface area contributed by atoms with Gasteiger partial charge in [0.2, 0.25) is 5.28 Å². The van der Waals surface area contributed by atoms with E-state index in [2.05, 4.69) is 133 Å². The van der Waals surface area contributed by atoms with Crippen LogP contribution in [-0.4, -0.2) is 20.1 Å². The first kappa shape index (κ1) is 26.5. The van der Waals surface area contributed by atoms with E-state index in [9.17, 15) is 0 Å². The first-order chi connectivity index (χ1) is 22.5. The Morgan fingerprint density at radius 1 is 0.826 bits per heavy atom. The highest BCUT2D eigenvalue weighted by Gasteiger charge is 2.51. The van der Waals surface area contributed by atoms with Gasteiger partial charge < -0.3 is 9.30 Å². The van der Waals surface area contributed by atoms with Crippen molar-refractivity contribution in [3.8, 4) is 22.7 Å². The predicted octanol–water partition coefficient (Wildman–Crippen LogP) is 11.2. The van der Waals surface area contributed by atoms with Gasteiger partial charge in [0.05, 0.1) is 22.6 Å². The Labute approximate surface area is 274 Å². The molecule has 0 radical (unpaired) electrons. The van der Waals surface area contributed by atoms with E-state index in [1.807, 2.05) is 11.3 Å². The van der Waals surface area contributed by atoms with E-state index in [-0.39, 0.29) is 16.8 Å². The maximum atomic E-state index is 6.75. The molecule has 0 amide bonds. The first-order valence-corrected chi connectivity index (χ1v) is 17.0. The van der Waals surface area contributed by atoms with Crippen LogP contribution in [-0.2, 0) is 0 Å². The summed E-state index contributed by atoms with van der Waals surface area (Å²) < 4.78 is 11.8. The van der Waals surface area contributed by atoms with Gasteiger partial charge >= 0.3 is 0 Å². The van der Waals surface area contributed by atoms with Gasteiger partial charge in [-0.15, -0.1) is 11.3 Å². The van der Waals surface area contributed by atoms with Crippen LogP contribution in [0, 0.1) is 5.92 Å². The highest BCUT2D eigenvalue weighted by atomic mass is 35.5. The lowest BCUT2D eigenvalue weighted by Gasteiger charge is -2.37. The molecule has 3 unspecified atom stereocenters. The lowest BCUT2D eigenvalue weighted by molar-refractivity contribution is 0.0397. The van der Waals surface area contributed by atoms with Gasteiger partial charge in [0, 0.05) is 53.0 Å². The highest BCUT2D eigenvalue weighted by Crippen LogP contribution is 2.54. The van der Waals surface area contributed by atoms with Gasteiger partial charge in [0.25, 0.3) is 0 Å². The standard InChI is InChI=1S/C40H28ClN3OS/c1-22-10-9-15-29-35-37(45-40(22,29)2)34(42-39(41)43-35)23-18-20-24(21-19-23)44-30-16-7-5-13-27(30)32-33-28-14-6-8-17-31(28)46-38(33)26-12-4-3-11-25(26)36(32)44/h3-9,11-22,29H,10H2,1-2H3. The zero-order valence-corrected chi connectivity index (χ0v) is 26.9. The molecule has 0 saturated heterocycles. The van der Waals surface area contributed by atoms with Crippen LogP contribution in [0.1, 0.15) is 31.9 Å². The molecule has 222 valence electrons. The van der Waals surface area contributed by atoms with Gasteiger partial charge in [0.1, 0.15) is 11.3 Å². The summed E-state index contributed by atoms with van der Waals surface area (Å²) >= 11 is 8.45. The lowest BCUT2D eigenvalue weighted by Crippen LogP contribution is -2.42. The molecule has 4 heterocycles. The van der Waals surface area contributed by atoms with Crippen molar-refractivity contribution in [2.75, 3.05) is 0 Å². The molecule has 0 N–H and O–H groups in total. The van der Waals surface area contributed by atoms with Crippen LogP contribution in [0.5, 0.6) is 5.75 Å². The van der Waals surface area contributed by atoms with E-state index in [1.54, 1.807) is 0 Å². The maximum absolute atomic E-state index is 6.75. The van der Waals surface area contributed by atoms with Crippen LogP contribution in [0.4, 0.5) is 0 Å². The van der Waals surface area contributed by atoms with Crippen molar-refractivity contribution in [2.45, 2.75) is 31.8 Å². The zero-order chi connectivity index (χ0) is 30.7. The third kappa shape index (κ3) is 3.45. The third-order valence-electron chi connectivity index (χ3n) is 10.4. The quantitative estimate of drug-likeness (QED) is 0.140. The number of benzene rings is 5. The van der Waals surface area contributed by atoms with Crippen molar-refractivity contribution in [3.05, 3.63) is 120 Å². The Morgan fingerprint density at radius 2 is 1.54 bits per heavy atom. The predicted molar refractivity (Wildman–Crippen MR) is 192 cm³/mol. The summed E-state index contributed by atoms with van der Waals surface area (Å²) in [6.45, 7) is 4.43. The topological polar surface area (TPSA) is 39.9 Å². The molecule has 0 saturated carbocycles. The van der Waals surface area contributed by atoms with Crippen molar-refractivity contribution < 1.29 is 4.74 Å². The minimum absolute atomic E-state index is 0.0562. The van der Waals surface area contributed by atoms with Crippen molar-refractivity contribution in [1.29, 1.82) is 0 Å². The van der Waals surface area contributed by atoms with Crippen LogP contribution < -0.4 is 4.74 Å². The minimum atomic E-state index is -0.369. The Bertz CT molecular complexity index is 2600. The SMILES string of the molecule is CC1CC=CC2c3nc(Cl)nc(-c4ccc(-n5c6ccccc6c6c7c8ccccc8sc7c7ccccc7c65)cc4)c3OC12C. The molecule has 1 aliphatic carbocycles. The number of halogens is 1. The molecule has 4 nitrogen and oxygen atoms in total. The van der Waals surface area contributed by atoms with E-state index in [0.717, 1.165) is 34.8 Å². The third-order valence-corrected chi connectivity index (χ3v) is 11.8. The van der Waals surface area contributed by atoms with E-state index >= 15 is 0 Å². The molecule has 1 aliphatic heterocycles. The van der Waals surface area contributed by atoms with E-state index in [1.165, 1.54) is 52.8 Å². The van der Waals surface area contributed by atoms with Gasteiger partial charge in [0.15, 0.2) is 5.75 Å².